The van der Waals surface area contributed by atoms with Gasteiger partial charge in [-0.05, 0) is 99.8 Å². The summed E-state index contributed by atoms with van der Waals surface area (Å²) in [5, 5.41) is 19.5. The van der Waals surface area contributed by atoms with Gasteiger partial charge < -0.3 is 5.11 Å². The number of hydrogen-bond acceptors (Lipinski definition) is 5. The van der Waals surface area contributed by atoms with Gasteiger partial charge in [0.25, 0.3) is 0 Å². The van der Waals surface area contributed by atoms with Crippen LogP contribution in [0.3, 0.4) is 0 Å². The van der Waals surface area contributed by atoms with Crippen molar-refractivity contribution in [2.24, 2.45) is 41.4 Å². The van der Waals surface area contributed by atoms with E-state index in [1.165, 1.54) is 44.9 Å². The smallest absolute Gasteiger partial charge is 0.218 e. The Morgan fingerprint density at radius 2 is 1.57 bits per heavy atom. The molecule has 5 rings (SSSR count). The van der Waals surface area contributed by atoms with Crippen molar-refractivity contribution in [1.29, 1.82) is 5.26 Å². The molecular formula is C30H51N3O3S. The Bertz CT molecular complexity index is 912. The normalized spacial score (nSPS) is 44.6. The van der Waals surface area contributed by atoms with Crippen LogP contribution in [0, 0.1) is 52.8 Å². The zero-order chi connectivity index (χ0) is 26.2. The van der Waals surface area contributed by atoms with Crippen LogP contribution in [0.25, 0.3) is 0 Å². The molecule has 3 saturated carbocycles. The molecule has 2 aliphatic heterocycles. The van der Waals surface area contributed by atoms with E-state index in [1.807, 2.05) is 0 Å². The lowest BCUT2D eigenvalue weighted by Crippen LogP contribution is -2.71. The van der Waals surface area contributed by atoms with Crippen LogP contribution < -0.4 is 0 Å². The summed E-state index contributed by atoms with van der Waals surface area (Å²) in [5.41, 5.74) is 0. The fraction of sp³-hybridized carbons (Fsp3) is 0.967. The van der Waals surface area contributed by atoms with Gasteiger partial charge in [-0.1, -0.05) is 39.5 Å². The summed E-state index contributed by atoms with van der Waals surface area (Å²) in [4.78, 5) is 2.44. The first-order chi connectivity index (χ1) is 17.9. The molecule has 1 N–H and O–H groups in total. The molecule has 2 saturated heterocycles. The molecule has 0 aromatic rings. The van der Waals surface area contributed by atoms with E-state index in [4.69, 9.17) is 0 Å². The van der Waals surface area contributed by atoms with Crippen LogP contribution in [0.5, 0.6) is 0 Å². The first-order valence-corrected chi connectivity index (χ1v) is 17.1. The summed E-state index contributed by atoms with van der Waals surface area (Å²) in [6.45, 7) is 7.22. The van der Waals surface area contributed by atoms with Crippen molar-refractivity contribution in [3.05, 3.63) is 0 Å². The largest absolute Gasteiger partial charge is 0.395 e. The monoisotopic (exact) mass is 533 g/mol. The molecular weight excluding hydrogens is 482 g/mol. The van der Waals surface area contributed by atoms with Crippen molar-refractivity contribution in [3.63, 3.8) is 0 Å². The molecule has 7 heteroatoms. The maximum atomic E-state index is 13.9. The van der Waals surface area contributed by atoms with E-state index in [0.29, 0.717) is 37.8 Å². The second-order valence-electron chi connectivity index (χ2n) is 13.4. The van der Waals surface area contributed by atoms with Crippen LogP contribution in [-0.4, -0.2) is 66.3 Å². The highest BCUT2D eigenvalue weighted by molar-refractivity contribution is 7.89. The number of nitriles is 1. The molecule has 0 aromatic heterocycles. The van der Waals surface area contributed by atoms with Crippen molar-refractivity contribution in [2.75, 3.05) is 26.2 Å². The summed E-state index contributed by atoms with van der Waals surface area (Å²) >= 11 is 0. The minimum atomic E-state index is -3.50. The molecule has 0 spiro atoms. The van der Waals surface area contributed by atoms with Crippen LogP contribution in [0.15, 0.2) is 0 Å². The lowest BCUT2D eigenvalue weighted by atomic mass is 9.60. The predicted octanol–water partition coefficient (Wildman–Crippen LogP) is 5.03. The number of nitrogens with zero attached hydrogens (tertiary/aromatic N) is 3. The van der Waals surface area contributed by atoms with Gasteiger partial charge in [0.05, 0.1) is 23.8 Å². The number of aliphatic hydroxyl groups excluding tert-OH is 1. The summed E-state index contributed by atoms with van der Waals surface area (Å²) in [7, 11) is -3.50. The average molecular weight is 534 g/mol. The van der Waals surface area contributed by atoms with E-state index >= 15 is 0 Å². The highest BCUT2D eigenvalue weighted by Crippen LogP contribution is 2.50. The van der Waals surface area contributed by atoms with Crippen LogP contribution in [0.1, 0.15) is 97.3 Å². The van der Waals surface area contributed by atoms with Gasteiger partial charge in [-0.2, -0.15) is 5.26 Å². The van der Waals surface area contributed by atoms with Gasteiger partial charge in [0.2, 0.25) is 10.0 Å². The quantitative estimate of drug-likeness (QED) is 0.536. The molecule has 0 radical (unpaired) electrons. The Kier molecular flexibility index (Phi) is 8.91. The fourth-order valence-electron chi connectivity index (χ4n) is 9.41. The van der Waals surface area contributed by atoms with E-state index in [9.17, 15) is 18.8 Å². The number of hydrogen-bond donors (Lipinski definition) is 1. The van der Waals surface area contributed by atoms with E-state index in [-0.39, 0.29) is 24.6 Å². The van der Waals surface area contributed by atoms with Gasteiger partial charge in [-0.25, -0.2) is 12.7 Å². The van der Waals surface area contributed by atoms with Crippen molar-refractivity contribution >= 4 is 10.0 Å². The second kappa shape index (κ2) is 11.8. The Balaban J connectivity index is 1.28. The molecule has 2 heterocycles. The van der Waals surface area contributed by atoms with Gasteiger partial charge in [0, 0.05) is 25.2 Å². The molecule has 0 bridgehead atoms. The molecule has 210 valence electrons. The van der Waals surface area contributed by atoms with Crippen LogP contribution >= 0.6 is 0 Å². The lowest BCUT2D eigenvalue weighted by Gasteiger charge is -2.60. The molecule has 8 atom stereocenters. The highest BCUT2D eigenvalue weighted by Gasteiger charge is 2.54. The van der Waals surface area contributed by atoms with Gasteiger partial charge >= 0.3 is 0 Å². The number of aliphatic hydroxyl groups is 1. The number of rotatable bonds is 5. The van der Waals surface area contributed by atoms with Crippen LogP contribution in [0.2, 0.25) is 0 Å². The first kappa shape index (κ1) is 27.9. The summed E-state index contributed by atoms with van der Waals surface area (Å²) in [5.74, 6) is 4.02. The Labute approximate surface area is 226 Å². The Hall–Kier alpha value is -0.680. The van der Waals surface area contributed by atoms with Gasteiger partial charge in [0.1, 0.15) is 0 Å². The SMILES string of the molecule is CC1CCCC(C2CCC([C@H]3C4CN(S(=O)(=O)C5CCCCC5C#N)CCCCN4[C@@H]3CO)CC2)C1C. The van der Waals surface area contributed by atoms with Crippen LogP contribution in [-0.2, 0) is 10.0 Å². The first-order valence-electron chi connectivity index (χ1n) is 15.6. The molecule has 5 aliphatic rings. The Morgan fingerprint density at radius 3 is 2.30 bits per heavy atom. The van der Waals surface area contributed by atoms with Gasteiger partial charge in [-0.3, -0.25) is 4.90 Å². The molecule has 0 aromatic carbocycles. The van der Waals surface area contributed by atoms with Crippen molar-refractivity contribution in [2.45, 2.75) is 115 Å². The molecule has 5 fully saturated rings. The summed E-state index contributed by atoms with van der Waals surface area (Å²) in [6, 6.07) is 2.72. The number of sulfonamides is 1. The third-order valence-electron chi connectivity index (χ3n) is 11.7. The van der Waals surface area contributed by atoms with Gasteiger partial charge in [0.15, 0.2) is 0 Å². The average Bonchev–Trinajstić information content (AvgIpc) is 2.89. The van der Waals surface area contributed by atoms with E-state index < -0.39 is 15.3 Å². The third-order valence-corrected chi connectivity index (χ3v) is 14.1. The topological polar surface area (TPSA) is 84.6 Å². The maximum Gasteiger partial charge on any atom is 0.218 e. The Morgan fingerprint density at radius 1 is 0.865 bits per heavy atom. The zero-order valence-corrected chi connectivity index (χ0v) is 24.1. The van der Waals surface area contributed by atoms with Crippen molar-refractivity contribution in [1.82, 2.24) is 9.21 Å². The number of fused-ring (bicyclic) bond motifs is 1. The fourth-order valence-corrected chi connectivity index (χ4v) is 11.6. The summed E-state index contributed by atoms with van der Waals surface area (Å²) in [6.07, 6.45) is 14.3. The van der Waals surface area contributed by atoms with Crippen LogP contribution in [0.4, 0.5) is 0 Å². The van der Waals surface area contributed by atoms with E-state index in [0.717, 1.165) is 55.9 Å². The lowest BCUT2D eigenvalue weighted by molar-refractivity contribution is -0.123. The minimum Gasteiger partial charge on any atom is -0.395 e. The molecule has 37 heavy (non-hydrogen) atoms. The molecule has 6 nitrogen and oxygen atoms in total. The molecule has 0 amide bonds. The van der Waals surface area contributed by atoms with Crippen molar-refractivity contribution < 1.29 is 13.5 Å². The van der Waals surface area contributed by atoms with E-state index in [2.05, 4.69) is 24.8 Å². The summed E-state index contributed by atoms with van der Waals surface area (Å²) < 4.78 is 29.5. The predicted molar refractivity (Wildman–Crippen MR) is 147 cm³/mol. The van der Waals surface area contributed by atoms with Gasteiger partial charge in [-0.15, -0.1) is 0 Å². The molecule has 3 aliphatic carbocycles. The van der Waals surface area contributed by atoms with E-state index in [1.54, 1.807) is 4.31 Å². The second-order valence-corrected chi connectivity index (χ2v) is 15.6. The third kappa shape index (κ3) is 5.39. The van der Waals surface area contributed by atoms with Crippen molar-refractivity contribution in [3.8, 4) is 6.07 Å². The highest BCUT2D eigenvalue weighted by atomic mass is 32.2. The molecule has 6 unspecified atom stereocenters. The zero-order valence-electron chi connectivity index (χ0n) is 23.3. The maximum absolute atomic E-state index is 13.9. The minimum absolute atomic E-state index is 0.185. The standard InChI is InChI=1S/C30H51N3O3S/c1-21-8-7-10-26(22(21)2)23-12-14-24(15-13-23)30-27-19-32(16-5-6-17-33(27)28(30)20-34)37(35,36)29-11-4-3-9-25(29)18-31/h21-30,34H,3-17,19-20H2,1-2H3/t21?,22?,23?,24?,25?,26?,27?,28-,29?,30+/m1/s1.